The number of hydrogen-bond acceptors (Lipinski definition) is 7. The van der Waals surface area contributed by atoms with Gasteiger partial charge in [-0.2, -0.15) is 0 Å². The highest BCUT2D eigenvalue weighted by Crippen LogP contribution is 2.24. The Balaban J connectivity index is 1.92. The molecular weight excluding hydrogens is 316 g/mol. The van der Waals surface area contributed by atoms with Crippen LogP contribution in [0.4, 0.5) is 0 Å². The van der Waals surface area contributed by atoms with Crippen molar-refractivity contribution >= 4 is 0 Å². The molecule has 0 aromatic heterocycles. The molecule has 1 aromatic rings. The zero-order valence-corrected chi connectivity index (χ0v) is 13.7. The van der Waals surface area contributed by atoms with Gasteiger partial charge in [-0.1, -0.05) is 12.1 Å². The first-order chi connectivity index (χ1) is 11.4. The highest BCUT2D eigenvalue weighted by atomic mass is 16.7. The Kier molecular flexibility index (Phi) is 6.97. The number of aliphatic hydroxyl groups is 5. The molecule has 24 heavy (non-hydrogen) atoms. The first-order valence-corrected chi connectivity index (χ1v) is 8.16. The van der Waals surface area contributed by atoms with E-state index in [0.29, 0.717) is 5.75 Å². The summed E-state index contributed by atoms with van der Waals surface area (Å²) in [5.74, 6) is 0.443. The molecule has 1 fully saturated rings. The van der Waals surface area contributed by atoms with Gasteiger partial charge in [0.1, 0.15) is 30.2 Å². The van der Waals surface area contributed by atoms with Crippen molar-refractivity contribution in [1.82, 2.24) is 0 Å². The summed E-state index contributed by atoms with van der Waals surface area (Å²) in [5, 5.41) is 47.8. The van der Waals surface area contributed by atoms with Crippen molar-refractivity contribution in [1.29, 1.82) is 0 Å². The van der Waals surface area contributed by atoms with Crippen LogP contribution in [0.3, 0.4) is 0 Å². The van der Waals surface area contributed by atoms with E-state index < -0.39 is 37.3 Å². The molecule has 1 aliphatic heterocycles. The minimum atomic E-state index is -1.46. The van der Waals surface area contributed by atoms with Crippen molar-refractivity contribution in [3.8, 4) is 5.75 Å². The lowest BCUT2D eigenvalue weighted by molar-refractivity contribution is -0.277. The van der Waals surface area contributed by atoms with E-state index in [0.717, 1.165) is 24.8 Å². The second-order valence-corrected chi connectivity index (χ2v) is 6.20. The molecule has 0 radical (unpaired) electrons. The summed E-state index contributed by atoms with van der Waals surface area (Å²) < 4.78 is 10.8. The van der Waals surface area contributed by atoms with Gasteiger partial charge in [-0.15, -0.1) is 0 Å². The fourth-order valence-corrected chi connectivity index (χ4v) is 2.64. The highest BCUT2D eigenvalue weighted by Gasteiger charge is 2.44. The van der Waals surface area contributed by atoms with Crippen LogP contribution in [-0.4, -0.2) is 68.9 Å². The van der Waals surface area contributed by atoms with Crippen LogP contribution in [0, 0.1) is 0 Å². The first-order valence-electron chi connectivity index (χ1n) is 8.16. The summed E-state index contributed by atoms with van der Waals surface area (Å²) in [6.07, 6.45) is -4.30. The lowest BCUT2D eigenvalue weighted by Gasteiger charge is -2.39. The Morgan fingerprint density at radius 2 is 1.75 bits per heavy atom. The Labute approximate surface area is 141 Å². The SMILES string of the molecule is CC(O)CCCc1ccc(OC2O[C@H](CO)[C@@H](O)[C@H](O)[C@H]2O)cc1. The van der Waals surface area contributed by atoms with Gasteiger partial charge in [0.05, 0.1) is 12.7 Å². The monoisotopic (exact) mass is 342 g/mol. The minimum Gasteiger partial charge on any atom is -0.462 e. The topological polar surface area (TPSA) is 120 Å². The molecule has 0 aliphatic carbocycles. The van der Waals surface area contributed by atoms with Crippen LogP contribution in [0.15, 0.2) is 24.3 Å². The van der Waals surface area contributed by atoms with E-state index in [1.165, 1.54) is 0 Å². The fraction of sp³-hybridized carbons (Fsp3) is 0.647. The summed E-state index contributed by atoms with van der Waals surface area (Å²) in [4.78, 5) is 0. The van der Waals surface area contributed by atoms with Crippen molar-refractivity contribution in [2.45, 2.75) is 63.0 Å². The highest BCUT2D eigenvalue weighted by molar-refractivity contribution is 5.27. The van der Waals surface area contributed by atoms with Crippen molar-refractivity contribution in [3.05, 3.63) is 29.8 Å². The summed E-state index contributed by atoms with van der Waals surface area (Å²) in [6.45, 7) is 1.27. The van der Waals surface area contributed by atoms with E-state index in [2.05, 4.69) is 0 Å². The van der Waals surface area contributed by atoms with Gasteiger partial charge in [0.15, 0.2) is 0 Å². The van der Waals surface area contributed by atoms with Crippen LogP contribution < -0.4 is 4.74 Å². The maximum Gasteiger partial charge on any atom is 0.229 e. The molecule has 7 nitrogen and oxygen atoms in total. The van der Waals surface area contributed by atoms with E-state index in [4.69, 9.17) is 14.6 Å². The molecule has 0 amide bonds. The predicted molar refractivity (Wildman–Crippen MR) is 85.5 cm³/mol. The maximum atomic E-state index is 9.94. The number of aliphatic hydroxyl groups excluding tert-OH is 5. The van der Waals surface area contributed by atoms with E-state index in [1.807, 2.05) is 12.1 Å². The van der Waals surface area contributed by atoms with Crippen LogP contribution in [-0.2, 0) is 11.2 Å². The second kappa shape index (κ2) is 8.75. The van der Waals surface area contributed by atoms with Crippen molar-refractivity contribution in [2.75, 3.05) is 6.61 Å². The Morgan fingerprint density at radius 3 is 2.33 bits per heavy atom. The lowest BCUT2D eigenvalue weighted by Crippen LogP contribution is -2.60. The van der Waals surface area contributed by atoms with Gasteiger partial charge in [0.2, 0.25) is 6.29 Å². The third kappa shape index (κ3) is 4.89. The molecule has 6 atom stereocenters. The molecule has 2 unspecified atom stereocenters. The molecule has 1 saturated heterocycles. The van der Waals surface area contributed by atoms with E-state index in [1.54, 1.807) is 19.1 Å². The molecule has 1 heterocycles. The maximum absolute atomic E-state index is 9.94. The molecule has 7 heteroatoms. The molecule has 0 bridgehead atoms. The third-order valence-corrected chi connectivity index (χ3v) is 4.11. The average Bonchev–Trinajstić information content (AvgIpc) is 2.56. The summed E-state index contributed by atoms with van der Waals surface area (Å²) >= 11 is 0. The molecule has 0 spiro atoms. The Bertz CT molecular complexity index is 488. The zero-order chi connectivity index (χ0) is 17.7. The first kappa shape index (κ1) is 19.1. The third-order valence-electron chi connectivity index (χ3n) is 4.11. The van der Waals surface area contributed by atoms with Crippen LogP contribution in [0.25, 0.3) is 0 Å². The molecule has 136 valence electrons. The van der Waals surface area contributed by atoms with Crippen LogP contribution >= 0.6 is 0 Å². The van der Waals surface area contributed by atoms with Crippen LogP contribution in [0.1, 0.15) is 25.3 Å². The van der Waals surface area contributed by atoms with Gasteiger partial charge >= 0.3 is 0 Å². The summed E-state index contributed by atoms with van der Waals surface area (Å²) in [5.41, 5.74) is 1.09. The smallest absolute Gasteiger partial charge is 0.229 e. The standard InChI is InChI=1S/C17H26O7/c1-10(19)3-2-4-11-5-7-12(8-6-11)23-17-16(22)15(21)14(20)13(9-18)24-17/h5-8,10,13-22H,2-4,9H2,1H3/t10?,13-,14-,15+,16-,17?/m1/s1. The summed E-state index contributed by atoms with van der Waals surface area (Å²) in [7, 11) is 0. The second-order valence-electron chi connectivity index (χ2n) is 6.20. The van der Waals surface area contributed by atoms with Crippen molar-refractivity contribution in [2.24, 2.45) is 0 Å². The predicted octanol–water partition coefficient (Wildman–Crippen LogP) is -0.431. The van der Waals surface area contributed by atoms with Gasteiger partial charge in [-0.3, -0.25) is 0 Å². The molecular formula is C17H26O7. The van der Waals surface area contributed by atoms with Gasteiger partial charge in [-0.05, 0) is 43.9 Å². The number of ether oxygens (including phenoxy) is 2. The molecule has 5 N–H and O–H groups in total. The molecule has 1 aliphatic rings. The number of rotatable bonds is 7. The van der Waals surface area contributed by atoms with E-state index >= 15 is 0 Å². The minimum absolute atomic E-state index is 0.307. The molecule has 2 rings (SSSR count). The van der Waals surface area contributed by atoms with Gasteiger partial charge in [0, 0.05) is 0 Å². The summed E-state index contributed by atoms with van der Waals surface area (Å²) in [6, 6.07) is 7.20. The Morgan fingerprint density at radius 1 is 1.08 bits per heavy atom. The quantitative estimate of drug-likeness (QED) is 0.456. The van der Waals surface area contributed by atoms with Gasteiger partial charge in [-0.25, -0.2) is 0 Å². The van der Waals surface area contributed by atoms with Crippen LogP contribution in [0.5, 0.6) is 5.75 Å². The van der Waals surface area contributed by atoms with Crippen molar-refractivity contribution in [3.63, 3.8) is 0 Å². The number of hydrogen-bond donors (Lipinski definition) is 5. The molecule has 0 saturated carbocycles. The number of benzene rings is 1. The van der Waals surface area contributed by atoms with E-state index in [9.17, 15) is 20.4 Å². The van der Waals surface area contributed by atoms with Gasteiger partial charge < -0.3 is 35.0 Å². The van der Waals surface area contributed by atoms with Crippen LogP contribution in [0.2, 0.25) is 0 Å². The Hall–Kier alpha value is -1.22. The van der Waals surface area contributed by atoms with Gasteiger partial charge in [0.25, 0.3) is 0 Å². The number of aryl methyl sites for hydroxylation is 1. The fourth-order valence-electron chi connectivity index (χ4n) is 2.64. The molecule has 1 aromatic carbocycles. The largest absolute Gasteiger partial charge is 0.462 e. The van der Waals surface area contributed by atoms with Crippen molar-refractivity contribution < 1.29 is 35.0 Å². The zero-order valence-electron chi connectivity index (χ0n) is 13.7. The normalized spacial score (nSPS) is 31.7. The lowest BCUT2D eigenvalue weighted by atomic mass is 9.99. The average molecular weight is 342 g/mol. The van der Waals surface area contributed by atoms with E-state index in [-0.39, 0.29) is 6.10 Å².